The van der Waals surface area contributed by atoms with Crippen molar-refractivity contribution in [3.63, 3.8) is 0 Å². The van der Waals surface area contributed by atoms with Crippen LogP contribution in [0.5, 0.6) is 0 Å². The number of rotatable bonds is 6. The fraction of sp³-hybridized carbons (Fsp3) is 0.636. The molecule has 2 atom stereocenters. The molecule has 86 valence electrons. The van der Waals surface area contributed by atoms with Crippen molar-refractivity contribution in [2.45, 2.75) is 31.9 Å². The van der Waals surface area contributed by atoms with Gasteiger partial charge in [0.1, 0.15) is 0 Å². The minimum atomic E-state index is 0.245. The van der Waals surface area contributed by atoms with E-state index in [0.29, 0.717) is 0 Å². The van der Waals surface area contributed by atoms with Gasteiger partial charge < -0.3 is 10.1 Å². The first-order chi connectivity index (χ1) is 7.24. The summed E-state index contributed by atoms with van der Waals surface area (Å²) in [6.07, 6.45) is 2.46. The zero-order chi connectivity index (χ0) is 11.3. The Kier molecular flexibility index (Phi) is 5.82. The number of halogens is 1. The van der Waals surface area contributed by atoms with E-state index in [2.05, 4.69) is 39.6 Å². The second-order valence-electron chi connectivity index (χ2n) is 3.46. The van der Waals surface area contributed by atoms with E-state index in [4.69, 9.17) is 4.74 Å². The first-order valence-electron chi connectivity index (χ1n) is 5.17. The lowest BCUT2D eigenvalue weighted by atomic mass is 10.1. The molecule has 0 aliphatic rings. The number of likely N-dealkylation sites (N-methyl/N-ethyl adjacent to an activating group) is 1. The van der Waals surface area contributed by atoms with Crippen LogP contribution >= 0.6 is 27.3 Å². The number of ether oxygens (including phenoxy) is 1. The highest BCUT2D eigenvalue weighted by atomic mass is 79.9. The van der Waals surface area contributed by atoms with E-state index in [1.807, 2.05) is 7.05 Å². The molecule has 0 fully saturated rings. The first-order valence-corrected chi connectivity index (χ1v) is 6.84. The molecule has 0 saturated heterocycles. The summed E-state index contributed by atoms with van der Waals surface area (Å²) >= 11 is 5.33. The Hall–Kier alpha value is 0.100. The molecule has 4 heteroatoms. The molecule has 15 heavy (non-hydrogen) atoms. The van der Waals surface area contributed by atoms with E-state index in [9.17, 15) is 0 Å². The maximum Gasteiger partial charge on any atom is 0.0774 e. The van der Waals surface area contributed by atoms with Gasteiger partial charge in [0.25, 0.3) is 0 Å². The molecule has 0 spiro atoms. The van der Waals surface area contributed by atoms with Crippen LogP contribution in [-0.4, -0.2) is 20.3 Å². The molecule has 0 aliphatic carbocycles. The highest BCUT2D eigenvalue weighted by Gasteiger charge is 2.23. The molecular formula is C11H18BrNOS. The molecular weight excluding hydrogens is 274 g/mol. The summed E-state index contributed by atoms with van der Waals surface area (Å²) in [6.45, 7) is 2.18. The van der Waals surface area contributed by atoms with Gasteiger partial charge in [-0.25, -0.2) is 0 Å². The minimum Gasteiger partial charge on any atom is -0.379 e. The van der Waals surface area contributed by atoms with Crippen molar-refractivity contribution in [2.75, 3.05) is 14.2 Å². The zero-order valence-electron chi connectivity index (χ0n) is 9.42. The topological polar surface area (TPSA) is 21.3 Å². The van der Waals surface area contributed by atoms with E-state index < -0.39 is 0 Å². The monoisotopic (exact) mass is 291 g/mol. The Morgan fingerprint density at radius 2 is 2.33 bits per heavy atom. The summed E-state index contributed by atoms with van der Waals surface area (Å²) in [5, 5.41) is 5.44. The molecule has 1 aromatic rings. The Balaban J connectivity index is 2.82. The molecule has 0 radical (unpaired) electrons. The van der Waals surface area contributed by atoms with E-state index >= 15 is 0 Å². The van der Waals surface area contributed by atoms with Gasteiger partial charge in [-0.05, 0) is 40.8 Å². The molecule has 0 amide bonds. The molecule has 1 heterocycles. The van der Waals surface area contributed by atoms with Crippen LogP contribution < -0.4 is 5.32 Å². The SMILES string of the molecule is CCCC(OC)C(NC)c1sccc1Br. The highest BCUT2D eigenvalue weighted by Crippen LogP contribution is 2.32. The van der Waals surface area contributed by atoms with Crippen LogP contribution in [0.4, 0.5) is 0 Å². The second-order valence-corrected chi connectivity index (χ2v) is 5.26. The van der Waals surface area contributed by atoms with Crippen molar-refractivity contribution in [1.29, 1.82) is 0 Å². The summed E-state index contributed by atoms with van der Waals surface area (Å²) in [5.41, 5.74) is 0. The molecule has 0 aliphatic heterocycles. The minimum absolute atomic E-state index is 0.245. The summed E-state index contributed by atoms with van der Waals surface area (Å²) in [4.78, 5) is 1.32. The summed E-state index contributed by atoms with van der Waals surface area (Å²) < 4.78 is 6.72. The van der Waals surface area contributed by atoms with E-state index in [-0.39, 0.29) is 12.1 Å². The second kappa shape index (κ2) is 6.63. The summed E-state index contributed by atoms with van der Waals surface area (Å²) in [7, 11) is 3.77. The average Bonchev–Trinajstić information content (AvgIpc) is 2.65. The third-order valence-electron chi connectivity index (χ3n) is 2.49. The lowest BCUT2D eigenvalue weighted by Gasteiger charge is -2.25. The van der Waals surface area contributed by atoms with E-state index in [1.54, 1.807) is 18.4 Å². The Morgan fingerprint density at radius 3 is 2.73 bits per heavy atom. The molecule has 2 nitrogen and oxygen atoms in total. The number of hydrogen-bond acceptors (Lipinski definition) is 3. The standard InChI is InChI=1S/C11H18BrNOS/c1-4-5-9(14-3)10(13-2)11-8(12)6-7-15-11/h6-7,9-10,13H,4-5H2,1-3H3. The van der Waals surface area contributed by atoms with Crippen molar-refractivity contribution in [1.82, 2.24) is 5.32 Å². The van der Waals surface area contributed by atoms with Crippen LogP contribution in [-0.2, 0) is 4.74 Å². The van der Waals surface area contributed by atoms with Crippen LogP contribution in [0.25, 0.3) is 0 Å². The zero-order valence-corrected chi connectivity index (χ0v) is 11.8. The molecule has 1 N–H and O–H groups in total. The number of methoxy groups -OCH3 is 1. The Labute approximate surface area is 104 Å². The van der Waals surface area contributed by atoms with Crippen molar-refractivity contribution in [2.24, 2.45) is 0 Å². The largest absolute Gasteiger partial charge is 0.379 e. The van der Waals surface area contributed by atoms with Gasteiger partial charge in [0, 0.05) is 16.5 Å². The van der Waals surface area contributed by atoms with Gasteiger partial charge in [0.2, 0.25) is 0 Å². The normalized spacial score (nSPS) is 15.2. The van der Waals surface area contributed by atoms with Crippen LogP contribution in [0.3, 0.4) is 0 Å². The number of hydrogen-bond donors (Lipinski definition) is 1. The smallest absolute Gasteiger partial charge is 0.0774 e. The van der Waals surface area contributed by atoms with E-state index in [1.165, 1.54) is 9.35 Å². The fourth-order valence-electron chi connectivity index (χ4n) is 1.72. The van der Waals surface area contributed by atoms with Gasteiger partial charge >= 0.3 is 0 Å². The maximum absolute atomic E-state index is 5.55. The number of thiophene rings is 1. The maximum atomic E-state index is 5.55. The number of nitrogens with one attached hydrogen (secondary N) is 1. The Morgan fingerprint density at radius 1 is 1.60 bits per heavy atom. The predicted octanol–water partition coefficient (Wildman–Crippen LogP) is 3.59. The molecule has 0 bridgehead atoms. The van der Waals surface area contributed by atoms with Gasteiger partial charge in [-0.1, -0.05) is 13.3 Å². The van der Waals surface area contributed by atoms with Crippen molar-refractivity contribution >= 4 is 27.3 Å². The van der Waals surface area contributed by atoms with Gasteiger partial charge in [-0.15, -0.1) is 11.3 Å². The molecule has 2 unspecified atom stereocenters. The summed E-state index contributed by atoms with van der Waals surface area (Å²) in [6, 6.07) is 2.37. The first kappa shape index (κ1) is 13.2. The molecule has 1 aromatic heterocycles. The van der Waals surface area contributed by atoms with Gasteiger partial charge in [-0.3, -0.25) is 0 Å². The van der Waals surface area contributed by atoms with Crippen LogP contribution in [0, 0.1) is 0 Å². The van der Waals surface area contributed by atoms with Gasteiger partial charge in [0.05, 0.1) is 12.1 Å². The summed E-state index contributed by atoms with van der Waals surface area (Å²) in [5.74, 6) is 0. The third kappa shape index (κ3) is 3.28. The molecule has 0 aromatic carbocycles. The molecule has 0 saturated carbocycles. The van der Waals surface area contributed by atoms with Crippen LogP contribution in [0.1, 0.15) is 30.7 Å². The molecule has 1 rings (SSSR count). The van der Waals surface area contributed by atoms with Gasteiger partial charge in [-0.2, -0.15) is 0 Å². The van der Waals surface area contributed by atoms with Crippen LogP contribution in [0.2, 0.25) is 0 Å². The lowest BCUT2D eigenvalue weighted by Crippen LogP contribution is -2.30. The Bertz CT molecular complexity index is 290. The quantitative estimate of drug-likeness (QED) is 0.865. The van der Waals surface area contributed by atoms with Gasteiger partial charge in [0.15, 0.2) is 0 Å². The van der Waals surface area contributed by atoms with Crippen molar-refractivity contribution in [3.8, 4) is 0 Å². The van der Waals surface area contributed by atoms with Crippen molar-refractivity contribution in [3.05, 3.63) is 20.8 Å². The lowest BCUT2D eigenvalue weighted by molar-refractivity contribution is 0.0639. The fourth-order valence-corrected chi connectivity index (χ4v) is 3.50. The highest BCUT2D eigenvalue weighted by molar-refractivity contribution is 9.10. The average molecular weight is 292 g/mol. The third-order valence-corrected chi connectivity index (χ3v) is 4.44. The van der Waals surface area contributed by atoms with Crippen LogP contribution in [0.15, 0.2) is 15.9 Å². The van der Waals surface area contributed by atoms with Crippen molar-refractivity contribution < 1.29 is 4.74 Å². The van der Waals surface area contributed by atoms with E-state index in [0.717, 1.165) is 12.8 Å². The predicted molar refractivity (Wildman–Crippen MR) is 69.5 cm³/mol.